The summed E-state index contributed by atoms with van der Waals surface area (Å²) in [6.07, 6.45) is 95.2. The summed E-state index contributed by atoms with van der Waals surface area (Å²) in [7, 11) is 0. The Morgan fingerprint density at radius 2 is 0.513 bits per heavy atom. The third kappa shape index (κ3) is 61.6. The van der Waals surface area contributed by atoms with Crippen LogP contribution >= 0.6 is 0 Å². The molecule has 0 fully saturated rings. The quantitative estimate of drug-likeness (QED) is 0.0261. The van der Waals surface area contributed by atoms with Gasteiger partial charge in [0.2, 0.25) is 0 Å². The maximum Gasteiger partial charge on any atom is 0.306 e. The van der Waals surface area contributed by atoms with E-state index in [4.69, 9.17) is 14.2 Å². The number of ether oxygens (including phenoxy) is 3. The van der Waals surface area contributed by atoms with Crippen LogP contribution in [-0.4, -0.2) is 37.2 Å². The van der Waals surface area contributed by atoms with E-state index < -0.39 is 6.10 Å². The molecule has 0 aromatic heterocycles. The molecule has 436 valence electrons. The predicted molar refractivity (Wildman–Crippen MR) is 338 cm³/mol. The summed E-state index contributed by atoms with van der Waals surface area (Å²) >= 11 is 0. The molecule has 0 aromatic carbocycles. The highest BCUT2D eigenvalue weighted by molar-refractivity contribution is 5.71. The third-order valence-electron chi connectivity index (χ3n) is 12.5. The fourth-order valence-corrected chi connectivity index (χ4v) is 7.88. The molecular weight excluding hydrogens is 961 g/mol. The fraction of sp³-hybridized carbons (Fsp3) is 0.569. The lowest BCUT2D eigenvalue weighted by Crippen LogP contribution is -2.30. The van der Waals surface area contributed by atoms with Gasteiger partial charge in [-0.25, -0.2) is 0 Å². The molecule has 0 spiro atoms. The lowest BCUT2D eigenvalue weighted by molar-refractivity contribution is -0.167. The molecule has 0 amide bonds. The predicted octanol–water partition coefficient (Wildman–Crippen LogP) is 21.5. The van der Waals surface area contributed by atoms with E-state index >= 15 is 0 Å². The van der Waals surface area contributed by atoms with Crippen molar-refractivity contribution in [1.82, 2.24) is 0 Å². The molecule has 6 heteroatoms. The second-order valence-electron chi connectivity index (χ2n) is 19.9. The molecule has 0 aliphatic carbocycles. The van der Waals surface area contributed by atoms with Crippen molar-refractivity contribution < 1.29 is 28.6 Å². The molecule has 0 radical (unpaired) electrons. The highest BCUT2D eigenvalue weighted by Crippen LogP contribution is 2.13. The van der Waals surface area contributed by atoms with Crippen molar-refractivity contribution in [2.45, 2.75) is 252 Å². The maximum absolute atomic E-state index is 12.8. The van der Waals surface area contributed by atoms with Gasteiger partial charge in [0.15, 0.2) is 6.10 Å². The molecule has 0 saturated heterocycles. The fourth-order valence-electron chi connectivity index (χ4n) is 7.88. The van der Waals surface area contributed by atoms with Crippen LogP contribution in [0.5, 0.6) is 0 Å². The minimum absolute atomic E-state index is 0.111. The zero-order valence-electron chi connectivity index (χ0n) is 49.9. The molecule has 0 saturated carbocycles. The van der Waals surface area contributed by atoms with Crippen molar-refractivity contribution in [3.63, 3.8) is 0 Å². The number of carbonyl (C=O) groups excluding carboxylic acids is 3. The van der Waals surface area contributed by atoms with E-state index in [1.807, 2.05) is 0 Å². The number of hydrogen-bond acceptors (Lipinski definition) is 6. The van der Waals surface area contributed by atoms with Gasteiger partial charge in [0.25, 0.3) is 0 Å². The van der Waals surface area contributed by atoms with Gasteiger partial charge in [0.1, 0.15) is 13.2 Å². The van der Waals surface area contributed by atoms with E-state index in [0.29, 0.717) is 19.3 Å². The summed E-state index contributed by atoms with van der Waals surface area (Å²) < 4.78 is 16.8. The van der Waals surface area contributed by atoms with Crippen LogP contribution in [0.1, 0.15) is 245 Å². The average Bonchev–Trinajstić information content (AvgIpc) is 3.44. The van der Waals surface area contributed by atoms with E-state index in [-0.39, 0.29) is 37.5 Å². The van der Waals surface area contributed by atoms with Gasteiger partial charge in [-0.05, 0) is 128 Å². The minimum Gasteiger partial charge on any atom is -0.462 e. The topological polar surface area (TPSA) is 78.9 Å². The van der Waals surface area contributed by atoms with Crippen LogP contribution in [-0.2, 0) is 28.6 Å². The van der Waals surface area contributed by atoms with Gasteiger partial charge >= 0.3 is 17.9 Å². The number of hydrogen-bond donors (Lipinski definition) is 0. The molecule has 0 heterocycles. The van der Waals surface area contributed by atoms with Crippen molar-refractivity contribution in [2.24, 2.45) is 0 Å². The largest absolute Gasteiger partial charge is 0.462 e. The first kappa shape index (κ1) is 72.8. The Labute approximate surface area is 479 Å². The Morgan fingerprint density at radius 1 is 0.269 bits per heavy atom. The summed E-state index contributed by atoms with van der Waals surface area (Å²) in [6, 6.07) is 0. The van der Waals surface area contributed by atoms with Crippen molar-refractivity contribution in [2.75, 3.05) is 13.2 Å². The molecule has 6 nitrogen and oxygen atoms in total. The highest BCUT2D eigenvalue weighted by Gasteiger charge is 2.19. The van der Waals surface area contributed by atoms with E-state index in [1.165, 1.54) is 57.8 Å². The SMILES string of the molecule is CC/C=C\C/C=C\C/C=C\C/C=C\C/C=C\C/C=C\C/C=C\CCCCCCCCCC(=O)OCC(COC(=O)CCCCCCCCCC)OC(=O)CCC/C=C\C/C=C\C/C=C\C/C=C\C/C=C\C/C=C\C/C=C\CC. The zero-order chi connectivity index (χ0) is 56.4. The number of carbonyl (C=O) groups is 3. The molecule has 0 N–H and O–H groups in total. The Hall–Kier alpha value is -5.23. The third-order valence-corrected chi connectivity index (χ3v) is 12.5. The summed E-state index contributed by atoms with van der Waals surface area (Å²) in [4.78, 5) is 38.1. The summed E-state index contributed by atoms with van der Waals surface area (Å²) in [6.45, 7) is 6.31. The second-order valence-corrected chi connectivity index (χ2v) is 19.9. The molecule has 0 aromatic rings. The van der Waals surface area contributed by atoms with Crippen LogP contribution in [0, 0.1) is 0 Å². The number of unbranched alkanes of at least 4 members (excludes halogenated alkanes) is 15. The molecule has 78 heavy (non-hydrogen) atoms. The van der Waals surface area contributed by atoms with Gasteiger partial charge in [0, 0.05) is 19.3 Å². The average molecular weight is 1070 g/mol. The first-order chi connectivity index (χ1) is 38.5. The lowest BCUT2D eigenvalue weighted by Gasteiger charge is -2.18. The van der Waals surface area contributed by atoms with Gasteiger partial charge in [0.05, 0.1) is 0 Å². The highest BCUT2D eigenvalue weighted by atomic mass is 16.6. The van der Waals surface area contributed by atoms with Crippen molar-refractivity contribution >= 4 is 17.9 Å². The Balaban J connectivity index is 4.35. The molecule has 0 bridgehead atoms. The van der Waals surface area contributed by atoms with E-state index in [9.17, 15) is 14.4 Å². The van der Waals surface area contributed by atoms with Crippen molar-refractivity contribution in [3.05, 3.63) is 170 Å². The second kappa shape index (κ2) is 64.3. The first-order valence-electron chi connectivity index (χ1n) is 31.1. The molecule has 1 unspecified atom stereocenters. The lowest BCUT2D eigenvalue weighted by atomic mass is 10.1. The van der Waals surface area contributed by atoms with Crippen LogP contribution < -0.4 is 0 Å². The Morgan fingerprint density at radius 3 is 0.821 bits per heavy atom. The van der Waals surface area contributed by atoms with Gasteiger partial charge in [-0.2, -0.15) is 0 Å². The van der Waals surface area contributed by atoms with Crippen LogP contribution in [0.2, 0.25) is 0 Å². The van der Waals surface area contributed by atoms with Gasteiger partial charge in [-0.3, -0.25) is 14.4 Å². The molecule has 0 aliphatic rings. The monoisotopic (exact) mass is 1070 g/mol. The Kier molecular flexibility index (Phi) is 60.0. The van der Waals surface area contributed by atoms with Gasteiger partial charge in [-0.15, -0.1) is 0 Å². The molecular formula is C72H112O6. The first-order valence-corrected chi connectivity index (χ1v) is 31.1. The van der Waals surface area contributed by atoms with Crippen LogP contribution in [0.3, 0.4) is 0 Å². The van der Waals surface area contributed by atoms with Gasteiger partial charge < -0.3 is 14.2 Å². The number of rotatable bonds is 54. The summed E-state index contributed by atoms with van der Waals surface area (Å²) in [5.41, 5.74) is 0. The molecule has 0 rings (SSSR count). The standard InChI is InChI=1S/C72H112O6/c1-4-7-10-13-16-19-21-23-25-27-29-31-33-34-35-36-37-38-40-41-43-45-47-49-51-53-56-59-62-65-71(74)77-68-69(67-76-70(73)64-61-58-55-18-15-12-9-6-3)78-72(75)66-63-60-57-54-52-50-48-46-44-42-39-32-30-28-26-24-22-20-17-14-11-8-5-2/h7-8,10-11,16-17,19-20,23-26,29-32,34-35,37-38,41-44,48,50,54,57,69H,4-6,9,12-15,18,21-22,27-28,33,36,39-40,45-47,49,51-53,55-56,58-68H2,1-3H3/b10-7-,11-8-,19-16-,20-17-,25-23-,26-24-,31-29-,32-30-,35-34-,38-37-,43-41-,44-42-,50-48-,57-54-. The summed E-state index contributed by atoms with van der Waals surface area (Å²) in [5, 5.41) is 0. The van der Waals surface area contributed by atoms with Gasteiger partial charge in [-0.1, -0.05) is 268 Å². The van der Waals surface area contributed by atoms with Crippen LogP contribution in [0.25, 0.3) is 0 Å². The van der Waals surface area contributed by atoms with Crippen molar-refractivity contribution in [3.8, 4) is 0 Å². The smallest absolute Gasteiger partial charge is 0.306 e. The maximum atomic E-state index is 12.8. The summed E-state index contributed by atoms with van der Waals surface area (Å²) in [5.74, 6) is -0.995. The van der Waals surface area contributed by atoms with E-state index in [2.05, 4.69) is 191 Å². The molecule has 1 atom stereocenters. The van der Waals surface area contributed by atoms with Crippen LogP contribution in [0.15, 0.2) is 170 Å². The number of allylic oxidation sites excluding steroid dienone is 28. The van der Waals surface area contributed by atoms with E-state index in [1.54, 1.807) is 0 Å². The minimum atomic E-state index is -0.820. The van der Waals surface area contributed by atoms with Crippen LogP contribution in [0.4, 0.5) is 0 Å². The number of esters is 3. The van der Waals surface area contributed by atoms with E-state index in [0.717, 1.165) is 141 Å². The van der Waals surface area contributed by atoms with Crippen molar-refractivity contribution in [1.29, 1.82) is 0 Å². The zero-order valence-corrected chi connectivity index (χ0v) is 49.9. The Bertz CT molecular complexity index is 1810. The molecule has 0 aliphatic heterocycles. The normalized spacial score (nSPS) is 13.3.